The maximum absolute atomic E-state index is 11.7. The molecule has 0 saturated heterocycles. The van der Waals surface area contributed by atoms with Crippen LogP contribution in [-0.4, -0.2) is 32.3 Å². The Labute approximate surface area is 95.9 Å². The minimum Gasteiger partial charge on any atom is -0.549 e. The molecular weight excluding hydrogens is 262 g/mol. The average Bonchev–Trinajstić information content (AvgIpc) is 2.50. The molecule has 1 aromatic rings. The summed E-state index contributed by atoms with van der Waals surface area (Å²) in [5.41, 5.74) is 0. The lowest BCUT2D eigenvalue weighted by atomic mass is 10.7. The normalized spacial score (nSPS) is 11.9. The third kappa shape index (κ3) is 2.91. The van der Waals surface area contributed by atoms with Gasteiger partial charge in [-0.3, -0.25) is 0 Å². The fourth-order valence-corrected chi connectivity index (χ4v) is 3.67. The Kier molecular flexibility index (Phi) is 3.72. The highest BCUT2D eigenvalue weighted by molar-refractivity contribution is 7.91. The predicted molar refractivity (Wildman–Crippen MR) is 54.2 cm³/mol. The van der Waals surface area contributed by atoms with E-state index in [2.05, 4.69) is 0 Å². The Morgan fingerprint density at radius 1 is 1.60 bits per heavy atom. The fourth-order valence-electron chi connectivity index (χ4n) is 0.857. The zero-order chi connectivity index (χ0) is 11.6. The van der Waals surface area contributed by atoms with Gasteiger partial charge in [0.25, 0.3) is 10.0 Å². The van der Waals surface area contributed by atoms with E-state index in [1.807, 2.05) is 0 Å². The summed E-state index contributed by atoms with van der Waals surface area (Å²) in [5.74, 6) is -1.45. The van der Waals surface area contributed by atoms with Crippen LogP contribution in [0.5, 0.6) is 0 Å². The van der Waals surface area contributed by atoms with E-state index in [1.54, 1.807) is 0 Å². The maximum atomic E-state index is 11.7. The van der Waals surface area contributed by atoms with Gasteiger partial charge in [0.05, 0.1) is 16.9 Å². The summed E-state index contributed by atoms with van der Waals surface area (Å²) < 4.78 is 24.4. The first-order valence-corrected chi connectivity index (χ1v) is 6.39. The average molecular weight is 269 g/mol. The molecule has 15 heavy (non-hydrogen) atoms. The number of nitrogens with zero attached hydrogens (tertiary/aromatic N) is 1. The highest BCUT2D eigenvalue weighted by Gasteiger charge is 2.22. The molecule has 0 aliphatic heterocycles. The van der Waals surface area contributed by atoms with E-state index in [9.17, 15) is 18.3 Å². The molecule has 0 fully saturated rings. The largest absolute Gasteiger partial charge is 0.549 e. The van der Waals surface area contributed by atoms with Gasteiger partial charge >= 0.3 is 0 Å². The van der Waals surface area contributed by atoms with Crippen molar-refractivity contribution in [3.63, 3.8) is 0 Å². The smallest absolute Gasteiger partial charge is 0.252 e. The molecule has 0 atom stereocenters. The molecule has 1 heterocycles. The minimum absolute atomic E-state index is 0.0104. The third-order valence-electron chi connectivity index (χ3n) is 1.56. The van der Waals surface area contributed by atoms with Crippen molar-refractivity contribution in [1.29, 1.82) is 0 Å². The second kappa shape index (κ2) is 4.48. The lowest BCUT2D eigenvalue weighted by molar-refractivity contribution is -0.305. The summed E-state index contributed by atoms with van der Waals surface area (Å²) in [6, 6.07) is 2.76. The van der Waals surface area contributed by atoms with Gasteiger partial charge in [-0.1, -0.05) is 11.6 Å². The van der Waals surface area contributed by atoms with Crippen molar-refractivity contribution in [1.82, 2.24) is 4.31 Å². The second-order valence-electron chi connectivity index (χ2n) is 2.69. The standard InChI is InChI=1S/C7H8ClNO4S2/c1-9(4-6(10)11)15(12,13)7-3-2-5(8)14-7/h2-3H,4H2,1H3,(H,10,11)/p-1. The molecule has 8 heteroatoms. The lowest BCUT2D eigenvalue weighted by Gasteiger charge is -2.15. The SMILES string of the molecule is CN(CC(=O)[O-])S(=O)(=O)c1ccc(Cl)s1. The van der Waals surface area contributed by atoms with Gasteiger partial charge in [0.15, 0.2) is 0 Å². The van der Waals surface area contributed by atoms with Crippen molar-refractivity contribution in [3.05, 3.63) is 16.5 Å². The number of likely N-dealkylation sites (N-methyl/N-ethyl adjacent to an activating group) is 1. The van der Waals surface area contributed by atoms with Gasteiger partial charge in [0, 0.05) is 7.05 Å². The van der Waals surface area contributed by atoms with Crippen LogP contribution in [0.4, 0.5) is 0 Å². The lowest BCUT2D eigenvalue weighted by Crippen LogP contribution is -2.38. The summed E-state index contributed by atoms with van der Waals surface area (Å²) >= 11 is 6.46. The van der Waals surface area contributed by atoms with Crippen LogP contribution >= 0.6 is 22.9 Å². The number of carboxylic acids is 1. The molecular formula is C7H7ClNO4S2-. The molecule has 1 rings (SSSR count). The molecule has 1 aromatic heterocycles. The summed E-state index contributed by atoms with van der Waals surface area (Å²) in [5, 5.41) is 10.3. The Hall–Kier alpha value is -0.630. The summed E-state index contributed by atoms with van der Waals surface area (Å²) in [6.07, 6.45) is 0. The van der Waals surface area contributed by atoms with Gasteiger partial charge in [-0.2, -0.15) is 4.31 Å². The Balaban J connectivity index is 2.98. The molecule has 0 aliphatic carbocycles. The van der Waals surface area contributed by atoms with Crippen molar-refractivity contribution in [3.8, 4) is 0 Å². The number of rotatable bonds is 4. The molecule has 5 nitrogen and oxygen atoms in total. The van der Waals surface area contributed by atoms with Crippen molar-refractivity contribution >= 4 is 38.9 Å². The van der Waals surface area contributed by atoms with Crippen LogP contribution in [0, 0.1) is 0 Å². The van der Waals surface area contributed by atoms with Crippen LogP contribution < -0.4 is 5.11 Å². The number of carbonyl (C=O) groups excluding carboxylic acids is 1. The molecule has 0 amide bonds. The van der Waals surface area contributed by atoms with E-state index < -0.39 is 22.5 Å². The second-order valence-corrected chi connectivity index (χ2v) is 6.68. The first-order chi connectivity index (χ1) is 6.84. The molecule has 0 spiro atoms. The number of thiophene rings is 1. The van der Waals surface area contributed by atoms with Crippen LogP contribution in [0.3, 0.4) is 0 Å². The van der Waals surface area contributed by atoms with E-state index in [4.69, 9.17) is 11.6 Å². The molecule has 0 radical (unpaired) electrons. The van der Waals surface area contributed by atoms with E-state index in [-0.39, 0.29) is 4.21 Å². The first-order valence-electron chi connectivity index (χ1n) is 3.75. The Bertz CT molecular complexity index is 467. The summed E-state index contributed by atoms with van der Waals surface area (Å²) in [6.45, 7) is -0.683. The summed E-state index contributed by atoms with van der Waals surface area (Å²) in [7, 11) is -2.60. The van der Waals surface area contributed by atoms with Gasteiger partial charge < -0.3 is 9.90 Å². The number of hydrogen-bond acceptors (Lipinski definition) is 5. The zero-order valence-electron chi connectivity index (χ0n) is 7.64. The van der Waals surface area contributed by atoms with Crippen LogP contribution in [0.15, 0.2) is 16.3 Å². The molecule has 0 aromatic carbocycles. The molecule has 0 bridgehead atoms. The monoisotopic (exact) mass is 268 g/mol. The van der Waals surface area contributed by atoms with Gasteiger partial charge in [-0.05, 0) is 12.1 Å². The zero-order valence-corrected chi connectivity index (χ0v) is 10.0. The highest BCUT2D eigenvalue weighted by Crippen LogP contribution is 2.27. The number of carbonyl (C=O) groups is 1. The Morgan fingerprint density at radius 3 is 2.60 bits per heavy atom. The number of halogens is 1. The molecule has 0 aliphatic rings. The molecule has 0 N–H and O–H groups in total. The van der Waals surface area contributed by atoms with E-state index in [0.717, 1.165) is 11.3 Å². The van der Waals surface area contributed by atoms with Crippen LogP contribution in [-0.2, 0) is 14.8 Å². The number of hydrogen-bond donors (Lipinski definition) is 0. The minimum atomic E-state index is -3.77. The first kappa shape index (κ1) is 12.4. The third-order valence-corrected chi connectivity index (χ3v) is 5.07. The maximum Gasteiger partial charge on any atom is 0.252 e. The van der Waals surface area contributed by atoms with E-state index in [1.165, 1.54) is 19.2 Å². The predicted octanol–water partition coefficient (Wildman–Crippen LogP) is -0.228. The van der Waals surface area contributed by atoms with Gasteiger partial charge in [0.1, 0.15) is 4.21 Å². The van der Waals surface area contributed by atoms with Crippen LogP contribution in [0.2, 0.25) is 4.34 Å². The van der Waals surface area contributed by atoms with Gasteiger partial charge in [0.2, 0.25) is 0 Å². The van der Waals surface area contributed by atoms with Gasteiger partial charge in [-0.25, -0.2) is 8.42 Å². The molecule has 84 valence electrons. The quantitative estimate of drug-likeness (QED) is 0.756. The van der Waals surface area contributed by atoms with Crippen LogP contribution in [0.25, 0.3) is 0 Å². The number of sulfonamides is 1. The number of aliphatic carboxylic acids is 1. The summed E-state index contributed by atoms with van der Waals surface area (Å²) in [4.78, 5) is 10.3. The topological polar surface area (TPSA) is 77.5 Å². The highest BCUT2D eigenvalue weighted by atomic mass is 35.5. The van der Waals surface area contributed by atoms with Gasteiger partial charge in [-0.15, -0.1) is 11.3 Å². The van der Waals surface area contributed by atoms with Crippen molar-refractivity contribution in [2.75, 3.05) is 13.6 Å². The van der Waals surface area contributed by atoms with Crippen molar-refractivity contribution in [2.24, 2.45) is 0 Å². The molecule has 0 saturated carbocycles. The van der Waals surface area contributed by atoms with E-state index in [0.29, 0.717) is 8.64 Å². The van der Waals surface area contributed by atoms with Crippen molar-refractivity contribution in [2.45, 2.75) is 4.21 Å². The Morgan fingerprint density at radius 2 is 2.20 bits per heavy atom. The van der Waals surface area contributed by atoms with Crippen LogP contribution in [0.1, 0.15) is 0 Å². The van der Waals surface area contributed by atoms with Crippen molar-refractivity contribution < 1.29 is 18.3 Å². The molecule has 0 unspecified atom stereocenters. The number of carboxylic acid groups (broad SMARTS) is 1. The van der Waals surface area contributed by atoms with E-state index >= 15 is 0 Å². The fraction of sp³-hybridized carbons (Fsp3) is 0.286.